The summed E-state index contributed by atoms with van der Waals surface area (Å²) in [5.74, 6) is -4.54. The summed E-state index contributed by atoms with van der Waals surface area (Å²) in [5, 5.41) is 5.34. The van der Waals surface area contributed by atoms with Gasteiger partial charge in [0.05, 0.1) is 16.9 Å². The predicted molar refractivity (Wildman–Crippen MR) is 185 cm³/mol. The number of halogens is 2. The van der Waals surface area contributed by atoms with Crippen LogP contribution in [0.2, 0.25) is 0 Å². The van der Waals surface area contributed by atoms with Gasteiger partial charge in [0.2, 0.25) is 0 Å². The van der Waals surface area contributed by atoms with Crippen molar-refractivity contribution in [2.24, 2.45) is 11.7 Å². The Bertz CT molecular complexity index is 1550. The summed E-state index contributed by atoms with van der Waals surface area (Å²) in [6, 6.07) is 18.6. The largest absolute Gasteiger partial charge is 0.459 e. The first-order valence-corrected chi connectivity index (χ1v) is 18.4. The smallest absolute Gasteiger partial charge is 0.312 e. The second kappa shape index (κ2) is 19.4. The molecule has 1 amide bonds. The van der Waals surface area contributed by atoms with Crippen LogP contribution in [0.3, 0.4) is 0 Å². The van der Waals surface area contributed by atoms with Gasteiger partial charge in [0.25, 0.3) is 5.91 Å². The molecule has 0 saturated heterocycles. The van der Waals surface area contributed by atoms with Crippen molar-refractivity contribution >= 4 is 21.7 Å². The normalized spacial score (nSPS) is 13.6. The lowest BCUT2D eigenvalue weighted by molar-refractivity contribution is -0.154. The number of nitrogens with one attached hydrogen (secondary N) is 2. The van der Waals surface area contributed by atoms with E-state index in [1.807, 2.05) is 32.0 Å². The third kappa shape index (κ3) is 12.4. The van der Waals surface area contributed by atoms with Gasteiger partial charge in [0, 0.05) is 37.3 Å². The van der Waals surface area contributed by atoms with Gasteiger partial charge in [-0.25, -0.2) is 17.2 Å². The van der Waals surface area contributed by atoms with E-state index in [0.29, 0.717) is 37.8 Å². The van der Waals surface area contributed by atoms with E-state index in [4.69, 9.17) is 10.5 Å². The Labute approximate surface area is 283 Å². The Morgan fingerprint density at radius 1 is 0.833 bits per heavy atom. The third-order valence-electron chi connectivity index (χ3n) is 8.25. The Morgan fingerprint density at radius 3 is 2.10 bits per heavy atom. The van der Waals surface area contributed by atoms with Crippen LogP contribution in [-0.2, 0) is 38.8 Å². The van der Waals surface area contributed by atoms with Crippen LogP contribution in [0.5, 0.6) is 0 Å². The highest BCUT2D eigenvalue weighted by atomic mass is 32.2. The molecular weight excluding hydrogens is 636 g/mol. The van der Waals surface area contributed by atoms with Crippen molar-refractivity contribution in [3.8, 4) is 0 Å². The van der Waals surface area contributed by atoms with Crippen molar-refractivity contribution in [2.75, 3.05) is 18.8 Å². The van der Waals surface area contributed by atoms with Crippen molar-refractivity contribution in [3.63, 3.8) is 0 Å². The first kappa shape index (κ1) is 38.8. The van der Waals surface area contributed by atoms with Gasteiger partial charge in [-0.3, -0.25) is 9.59 Å². The third-order valence-corrected chi connectivity index (χ3v) is 10.6. The van der Waals surface area contributed by atoms with Gasteiger partial charge >= 0.3 is 5.97 Å². The molecule has 0 aliphatic carbocycles. The van der Waals surface area contributed by atoms with Crippen LogP contribution < -0.4 is 16.4 Å². The molecule has 0 heterocycles. The average molecular weight is 686 g/mol. The molecule has 0 aliphatic rings. The molecule has 8 nitrogen and oxygen atoms in total. The van der Waals surface area contributed by atoms with Crippen molar-refractivity contribution in [2.45, 2.75) is 83.2 Å². The second-order valence-corrected chi connectivity index (χ2v) is 14.6. The van der Waals surface area contributed by atoms with Crippen LogP contribution in [0, 0.1) is 17.6 Å². The Kier molecular flexibility index (Phi) is 15.6. The molecule has 0 aliphatic heterocycles. The highest BCUT2D eigenvalue weighted by Crippen LogP contribution is 2.20. The summed E-state index contributed by atoms with van der Waals surface area (Å²) in [6.07, 6.45) is 2.09. The lowest BCUT2D eigenvalue weighted by Crippen LogP contribution is -2.48. The zero-order valence-corrected chi connectivity index (χ0v) is 28.9. The number of rotatable bonds is 20. The maximum atomic E-state index is 14.0. The molecule has 3 atom stereocenters. The highest BCUT2D eigenvalue weighted by molar-refractivity contribution is 7.92. The van der Waals surface area contributed by atoms with Crippen LogP contribution in [-0.4, -0.2) is 56.5 Å². The first-order valence-electron chi connectivity index (χ1n) is 16.7. The zero-order valence-electron chi connectivity index (χ0n) is 28.1. The van der Waals surface area contributed by atoms with E-state index in [2.05, 4.69) is 23.6 Å². The number of carbonyl (C=O) groups is 2. The molecule has 3 aromatic rings. The van der Waals surface area contributed by atoms with Crippen molar-refractivity contribution in [1.82, 2.24) is 10.6 Å². The van der Waals surface area contributed by atoms with Gasteiger partial charge < -0.3 is 21.1 Å². The van der Waals surface area contributed by atoms with E-state index in [-0.39, 0.29) is 25.1 Å². The molecule has 0 aromatic heterocycles. The quantitative estimate of drug-likeness (QED) is 0.134. The van der Waals surface area contributed by atoms with Crippen LogP contribution in [0.15, 0.2) is 72.8 Å². The van der Waals surface area contributed by atoms with Gasteiger partial charge in [0.15, 0.2) is 9.84 Å². The fourth-order valence-corrected chi connectivity index (χ4v) is 7.93. The second-order valence-electron chi connectivity index (χ2n) is 12.2. The number of hydrogen-bond acceptors (Lipinski definition) is 7. The number of ether oxygens (including phenoxy) is 1. The zero-order chi connectivity index (χ0) is 35.1. The monoisotopic (exact) mass is 685 g/mol. The fourth-order valence-electron chi connectivity index (χ4n) is 5.66. The van der Waals surface area contributed by atoms with Gasteiger partial charge in [-0.2, -0.15) is 0 Å². The molecule has 0 bridgehead atoms. The molecule has 48 heavy (non-hydrogen) atoms. The van der Waals surface area contributed by atoms with Gasteiger partial charge in [0.1, 0.15) is 17.7 Å². The van der Waals surface area contributed by atoms with E-state index >= 15 is 0 Å². The van der Waals surface area contributed by atoms with Crippen LogP contribution in [0.25, 0.3) is 0 Å². The molecular formula is C37H49F2N3O5S. The number of aryl methyl sites for hydroxylation is 1. The number of benzene rings is 3. The first-order chi connectivity index (χ1) is 22.9. The summed E-state index contributed by atoms with van der Waals surface area (Å²) in [5.41, 5.74) is 9.34. The molecule has 3 rings (SSSR count). The molecule has 0 radical (unpaired) electrons. The van der Waals surface area contributed by atoms with E-state index in [1.54, 1.807) is 30.3 Å². The van der Waals surface area contributed by atoms with E-state index in [0.717, 1.165) is 23.6 Å². The van der Waals surface area contributed by atoms with Crippen LogP contribution >= 0.6 is 0 Å². The Hall–Kier alpha value is -3.67. The number of sulfone groups is 1. The summed E-state index contributed by atoms with van der Waals surface area (Å²) >= 11 is 0. The van der Waals surface area contributed by atoms with Gasteiger partial charge in [-0.1, -0.05) is 76.1 Å². The van der Waals surface area contributed by atoms with E-state index in [1.165, 1.54) is 12.1 Å². The van der Waals surface area contributed by atoms with Crippen molar-refractivity contribution in [1.29, 1.82) is 0 Å². The molecule has 11 heteroatoms. The SMILES string of the molecule is CCCC(CCC)S(=O)(=O)CC(CNC(=O)c1ccccc1)C(=O)O[C@H](CNCc1cccc(CC)c1)[C@@H](N)Cc1cc(F)cc(F)c1. The topological polar surface area (TPSA) is 128 Å². The molecule has 262 valence electrons. The summed E-state index contributed by atoms with van der Waals surface area (Å²) < 4.78 is 61.1. The maximum Gasteiger partial charge on any atom is 0.312 e. The summed E-state index contributed by atoms with van der Waals surface area (Å²) in [4.78, 5) is 26.7. The highest BCUT2D eigenvalue weighted by Gasteiger charge is 2.34. The summed E-state index contributed by atoms with van der Waals surface area (Å²) in [6.45, 7) is 6.12. The van der Waals surface area contributed by atoms with Crippen LogP contribution in [0.1, 0.15) is 73.5 Å². The standard InChI is InChI=1S/C37H49F2N3O5S/c1-4-11-33(12-5-2)48(45,46)25-30(23-42-36(43)29-15-8-7-9-16-29)37(44)47-35(24-41-22-27-14-10-13-26(6-3)17-27)34(40)20-28-18-31(38)21-32(39)19-28/h7-10,13-19,21,30,33-35,41H,4-6,11-12,20,22-25,40H2,1-3H3,(H,42,43)/t30?,34-,35+/m0/s1. The lowest BCUT2D eigenvalue weighted by atomic mass is 10.0. The van der Waals surface area contributed by atoms with E-state index < -0.39 is 62.4 Å². The molecule has 0 saturated carbocycles. The van der Waals surface area contributed by atoms with Crippen LogP contribution in [0.4, 0.5) is 8.78 Å². The Morgan fingerprint density at radius 2 is 1.48 bits per heavy atom. The maximum absolute atomic E-state index is 14.0. The minimum absolute atomic E-state index is 0.0115. The van der Waals surface area contributed by atoms with Crippen molar-refractivity contribution in [3.05, 3.63) is 107 Å². The average Bonchev–Trinajstić information content (AvgIpc) is 3.05. The lowest BCUT2D eigenvalue weighted by Gasteiger charge is -2.28. The predicted octanol–water partition coefficient (Wildman–Crippen LogP) is 5.53. The minimum atomic E-state index is -3.76. The number of carbonyl (C=O) groups excluding carboxylic acids is 2. The number of amides is 1. The number of esters is 1. The molecule has 1 unspecified atom stereocenters. The molecule has 0 fully saturated rings. The van der Waals surface area contributed by atoms with Gasteiger partial charge in [-0.05, 0) is 66.6 Å². The molecule has 4 N–H and O–H groups in total. The minimum Gasteiger partial charge on any atom is -0.459 e. The summed E-state index contributed by atoms with van der Waals surface area (Å²) in [7, 11) is -3.76. The van der Waals surface area contributed by atoms with Crippen molar-refractivity contribution < 1.29 is 31.5 Å². The van der Waals surface area contributed by atoms with E-state index in [9.17, 15) is 26.8 Å². The molecule has 0 spiro atoms. The number of hydrogen-bond donors (Lipinski definition) is 3. The fraction of sp³-hybridized carbons (Fsp3) is 0.459. The Balaban J connectivity index is 1.86. The molecule has 3 aromatic carbocycles. The number of nitrogens with two attached hydrogens (primary N) is 1. The van der Waals surface area contributed by atoms with Gasteiger partial charge in [-0.15, -0.1) is 0 Å².